The molecule has 4 nitrogen and oxygen atoms in total. The summed E-state index contributed by atoms with van der Waals surface area (Å²) in [7, 11) is 0. The number of aliphatic hydroxyl groups is 1. The maximum atomic E-state index is 17.6. The molecular weight excluding hydrogens is 559 g/mol. The number of carbonyl (C=O) groups is 2. The summed E-state index contributed by atoms with van der Waals surface area (Å²) in [6.07, 6.45) is 1.35. The molecule has 9 atom stereocenters. The number of fused-ring (bicyclic) bond motifs is 7. The molecule has 0 amide bonds. The number of aliphatic hydroxyl groups excluding tert-OH is 1. The van der Waals surface area contributed by atoms with Crippen molar-refractivity contribution in [2.45, 2.75) is 57.6 Å². The van der Waals surface area contributed by atoms with Crippen LogP contribution in [-0.4, -0.2) is 64.4 Å². The summed E-state index contributed by atoms with van der Waals surface area (Å²) in [5.74, 6) is -1.66. The van der Waals surface area contributed by atoms with Gasteiger partial charge in [-0.1, -0.05) is 48.5 Å². The van der Waals surface area contributed by atoms with Crippen LogP contribution in [0.2, 0.25) is 5.02 Å². The summed E-state index contributed by atoms with van der Waals surface area (Å²) in [6.45, 7) is 4.51. The third-order valence-electron chi connectivity index (χ3n) is 11.2. The molecule has 1 aliphatic heterocycles. The van der Waals surface area contributed by atoms with E-state index in [1.54, 1.807) is 6.92 Å². The zero-order chi connectivity index (χ0) is 28.7. The number of ketones is 1. The number of thioether (sulfide) groups is 1. The van der Waals surface area contributed by atoms with Crippen molar-refractivity contribution in [2.75, 3.05) is 25.5 Å². The fourth-order valence-electron chi connectivity index (χ4n) is 9.48. The molecule has 1 N–H and O–H groups in total. The molecule has 0 unspecified atom stereocenters. The molecule has 40 heavy (non-hydrogen) atoms. The van der Waals surface area contributed by atoms with E-state index < -0.39 is 46.8 Å². The van der Waals surface area contributed by atoms with Gasteiger partial charge < -0.3 is 5.11 Å². The highest BCUT2D eigenvalue weighted by Crippen LogP contribution is 2.75. The van der Waals surface area contributed by atoms with Gasteiger partial charge in [-0.15, -0.1) is 0 Å². The van der Waals surface area contributed by atoms with Crippen LogP contribution in [0.5, 0.6) is 0 Å². The van der Waals surface area contributed by atoms with Crippen LogP contribution in [0.15, 0.2) is 48.1 Å². The molecule has 0 aromatic heterocycles. The molecule has 216 valence electrons. The highest BCUT2D eigenvalue weighted by molar-refractivity contribution is 8.13. The van der Waals surface area contributed by atoms with E-state index in [2.05, 4.69) is 4.90 Å². The van der Waals surface area contributed by atoms with E-state index in [9.17, 15) is 19.1 Å². The molecule has 0 spiro atoms. The van der Waals surface area contributed by atoms with Gasteiger partial charge in [0.15, 0.2) is 16.6 Å². The van der Waals surface area contributed by atoms with Crippen molar-refractivity contribution in [3.8, 4) is 0 Å². The lowest BCUT2D eigenvalue weighted by Gasteiger charge is -2.63. The van der Waals surface area contributed by atoms with Crippen LogP contribution in [-0.2, 0) is 16.1 Å². The molecule has 5 aliphatic rings. The molecule has 3 saturated carbocycles. The van der Waals surface area contributed by atoms with Gasteiger partial charge in [0.25, 0.3) is 0 Å². The van der Waals surface area contributed by atoms with Gasteiger partial charge in [0.2, 0.25) is 0 Å². The van der Waals surface area contributed by atoms with E-state index in [0.29, 0.717) is 31.1 Å². The van der Waals surface area contributed by atoms with Crippen molar-refractivity contribution in [2.24, 2.45) is 34.0 Å². The van der Waals surface area contributed by atoms with Gasteiger partial charge in [-0.2, -0.15) is 0 Å². The Balaban J connectivity index is 1.40. The normalized spacial score (nSPS) is 44.0. The maximum Gasteiger partial charge on any atom is 0.197 e. The number of likely N-dealkylation sites (tertiary alicyclic amines) is 1. The minimum Gasteiger partial charge on any atom is -0.390 e. The number of benzene rings is 1. The summed E-state index contributed by atoms with van der Waals surface area (Å²) in [5.41, 5.74) is -4.28. The first-order valence-corrected chi connectivity index (χ1v) is 15.4. The number of hydrogen-bond acceptors (Lipinski definition) is 5. The second kappa shape index (κ2) is 9.72. The van der Waals surface area contributed by atoms with Gasteiger partial charge in [-0.25, -0.2) is 8.78 Å². The third kappa shape index (κ3) is 3.74. The zero-order valence-electron chi connectivity index (χ0n) is 22.7. The number of carbonyl (C=O) groups excluding carboxylic acids is 2. The lowest BCUT2D eigenvalue weighted by Crippen LogP contribution is -2.69. The Hall–Kier alpha value is -1.61. The zero-order valence-corrected chi connectivity index (χ0v) is 24.3. The third-order valence-corrected chi connectivity index (χ3v) is 12.4. The number of allylic oxidation sites excluding steroid dienone is 4. The molecule has 0 radical (unpaired) electrons. The maximum absolute atomic E-state index is 17.6. The van der Waals surface area contributed by atoms with E-state index in [4.69, 9.17) is 11.6 Å². The van der Waals surface area contributed by atoms with E-state index >= 15 is 8.78 Å². The summed E-state index contributed by atoms with van der Waals surface area (Å²) >= 11 is 7.20. The minimum atomic E-state index is -2.18. The summed E-state index contributed by atoms with van der Waals surface area (Å²) < 4.78 is 46.6. The van der Waals surface area contributed by atoms with Crippen molar-refractivity contribution < 1.29 is 27.9 Å². The van der Waals surface area contributed by atoms with Crippen molar-refractivity contribution in [3.63, 3.8) is 0 Å². The first-order chi connectivity index (χ1) is 18.9. The second-order valence-corrected chi connectivity index (χ2v) is 14.4. The summed E-state index contributed by atoms with van der Waals surface area (Å²) in [4.78, 5) is 28.4. The smallest absolute Gasteiger partial charge is 0.197 e. The summed E-state index contributed by atoms with van der Waals surface area (Å²) in [6, 6.07) is 7.57. The first-order valence-electron chi connectivity index (χ1n) is 14.1. The molecule has 4 fully saturated rings. The lowest BCUT2D eigenvalue weighted by atomic mass is 9.43. The second-order valence-electron chi connectivity index (χ2n) is 12.9. The van der Waals surface area contributed by atoms with Crippen molar-refractivity contribution >= 4 is 34.3 Å². The van der Waals surface area contributed by atoms with E-state index in [1.807, 2.05) is 31.2 Å². The molecule has 0 bridgehead atoms. The minimum absolute atomic E-state index is 0.0374. The topological polar surface area (TPSA) is 57.6 Å². The van der Waals surface area contributed by atoms with Crippen LogP contribution >= 0.6 is 23.4 Å². The Morgan fingerprint density at radius 1 is 1.25 bits per heavy atom. The summed E-state index contributed by atoms with van der Waals surface area (Å²) in [5, 5.41) is 12.2. The van der Waals surface area contributed by atoms with Gasteiger partial charge in [-0.3, -0.25) is 18.9 Å². The Labute approximate surface area is 242 Å². The predicted octanol–water partition coefficient (Wildman–Crippen LogP) is 5.92. The van der Waals surface area contributed by atoms with Crippen molar-refractivity contribution in [1.29, 1.82) is 0 Å². The van der Waals surface area contributed by atoms with Crippen molar-refractivity contribution in [3.05, 3.63) is 58.7 Å². The van der Waals surface area contributed by atoms with Crippen molar-refractivity contribution in [1.82, 2.24) is 4.90 Å². The molecule has 4 aliphatic carbocycles. The highest BCUT2D eigenvalue weighted by Gasteiger charge is 2.78. The Bertz CT molecular complexity index is 1310. The molecule has 1 saturated heterocycles. The number of halogens is 4. The van der Waals surface area contributed by atoms with E-state index in [-0.39, 0.29) is 46.9 Å². The quantitative estimate of drug-likeness (QED) is 0.460. The SMILES string of the molecule is C[C@]12C=CC(=O)C=C1[C@@H](F)C[C@H]1[C@@H]3C[C@H]4CN(Cc5cccc(Cl)c5)C[C@@]4(C(=O)SCCF)[C@@]3(C)C[C@H](O)[C@@]12F. The number of rotatable bonds is 5. The van der Waals surface area contributed by atoms with E-state index in [0.717, 1.165) is 17.3 Å². The molecule has 1 heterocycles. The van der Waals surface area contributed by atoms with Gasteiger partial charge in [0, 0.05) is 41.7 Å². The van der Waals surface area contributed by atoms with Crippen LogP contribution in [0.3, 0.4) is 0 Å². The lowest BCUT2D eigenvalue weighted by molar-refractivity contribution is -0.210. The van der Waals surface area contributed by atoms with Crippen LogP contribution in [0, 0.1) is 34.0 Å². The Morgan fingerprint density at radius 2 is 2.02 bits per heavy atom. The number of hydrogen-bond donors (Lipinski definition) is 1. The monoisotopic (exact) mass is 593 g/mol. The average Bonchev–Trinajstić information content (AvgIpc) is 3.38. The van der Waals surface area contributed by atoms with Crippen LogP contribution in [0.4, 0.5) is 13.2 Å². The molecule has 6 rings (SSSR count). The predicted molar refractivity (Wildman–Crippen MR) is 150 cm³/mol. The van der Waals surface area contributed by atoms with Crippen LogP contribution < -0.4 is 0 Å². The number of alkyl halides is 3. The fourth-order valence-corrected chi connectivity index (χ4v) is 10.7. The first kappa shape index (κ1) is 28.5. The number of nitrogens with zero attached hydrogens (tertiary/aromatic N) is 1. The standard InChI is InChI=1S/C31H35ClF3NO3S/c1-28-7-6-21(37)12-24(28)25(34)13-23-22-11-19-16-36(15-18-4-3-5-20(32)10-18)17-30(19,27(39)40-9-8-33)29(22,2)14-26(38)31(23,28)35/h3-7,10,12,19,22-23,25-26,38H,8-9,11,13-17H2,1-2H3/t19-,22-,23-,25-,26-,28-,29-,30+,31-/m0/s1. The van der Waals surface area contributed by atoms with Gasteiger partial charge in [0.1, 0.15) is 6.17 Å². The van der Waals surface area contributed by atoms with Crippen LogP contribution in [0.1, 0.15) is 38.7 Å². The molecular formula is C31H35ClF3NO3S. The van der Waals surface area contributed by atoms with Gasteiger partial charge >= 0.3 is 0 Å². The Kier molecular flexibility index (Phi) is 6.92. The molecule has 9 heteroatoms. The Morgan fingerprint density at radius 3 is 2.75 bits per heavy atom. The van der Waals surface area contributed by atoms with Crippen LogP contribution in [0.25, 0.3) is 0 Å². The van der Waals surface area contributed by atoms with Gasteiger partial charge in [0.05, 0.1) is 18.2 Å². The highest BCUT2D eigenvalue weighted by atomic mass is 35.5. The molecule has 1 aromatic carbocycles. The average molecular weight is 594 g/mol. The fraction of sp³-hybridized carbons (Fsp3) is 0.613. The largest absolute Gasteiger partial charge is 0.390 e. The van der Waals surface area contributed by atoms with Gasteiger partial charge in [-0.05, 0) is 78.9 Å². The molecule has 1 aromatic rings. The van der Waals surface area contributed by atoms with E-state index in [1.165, 1.54) is 18.2 Å².